The van der Waals surface area contributed by atoms with Crippen LogP contribution in [0.3, 0.4) is 0 Å². The Balaban J connectivity index is 1.97. The number of para-hydroxylation sites is 1. The molecule has 0 spiro atoms. The Bertz CT molecular complexity index is 1070. The number of benzene rings is 2. The predicted molar refractivity (Wildman–Crippen MR) is 109 cm³/mol. The summed E-state index contributed by atoms with van der Waals surface area (Å²) in [7, 11) is 2.08. The summed E-state index contributed by atoms with van der Waals surface area (Å²) in [4.78, 5) is 30.1. The number of carboxylic acid groups (broad SMARTS) is 1. The van der Waals surface area contributed by atoms with Gasteiger partial charge in [-0.2, -0.15) is 0 Å². The van der Waals surface area contributed by atoms with Crippen LogP contribution in [0.1, 0.15) is 16.1 Å². The lowest BCUT2D eigenvalue weighted by Crippen LogP contribution is -2.45. The number of nitrogens with zero attached hydrogens (tertiary/aromatic N) is 3. The van der Waals surface area contributed by atoms with Gasteiger partial charge < -0.3 is 10.0 Å². The highest BCUT2D eigenvalue weighted by atomic mass is 16.4. The number of likely N-dealkylation sites (N-methyl/N-ethyl adjacent to an activating group) is 1. The maximum absolute atomic E-state index is 13.4. The van der Waals surface area contributed by atoms with E-state index in [9.17, 15) is 14.7 Å². The van der Waals surface area contributed by atoms with Crippen molar-refractivity contribution >= 4 is 16.7 Å². The SMILES string of the molecule is CN1CCN(Cc2c(C(=O)O)c3ccccc3c(=O)n2-c2ccccc2)CC1. The molecule has 28 heavy (non-hydrogen) atoms. The molecular weight excluding hydrogens is 354 g/mol. The zero-order valence-electron chi connectivity index (χ0n) is 15.8. The van der Waals surface area contributed by atoms with Gasteiger partial charge in [0.2, 0.25) is 0 Å². The van der Waals surface area contributed by atoms with Gasteiger partial charge in [-0.1, -0.05) is 36.4 Å². The number of fused-ring (bicyclic) bond motifs is 1. The van der Waals surface area contributed by atoms with Gasteiger partial charge in [-0.25, -0.2) is 4.79 Å². The van der Waals surface area contributed by atoms with Crippen molar-refractivity contribution in [1.82, 2.24) is 14.4 Å². The van der Waals surface area contributed by atoms with Crippen molar-refractivity contribution < 1.29 is 9.90 Å². The lowest BCUT2D eigenvalue weighted by molar-refractivity contribution is 0.0694. The molecule has 0 atom stereocenters. The van der Waals surface area contributed by atoms with Gasteiger partial charge in [0.25, 0.3) is 5.56 Å². The molecule has 1 saturated heterocycles. The third kappa shape index (κ3) is 3.32. The minimum atomic E-state index is -1.01. The van der Waals surface area contributed by atoms with E-state index in [0.717, 1.165) is 26.2 Å². The molecule has 1 aliphatic heterocycles. The van der Waals surface area contributed by atoms with E-state index in [4.69, 9.17) is 0 Å². The standard InChI is InChI=1S/C22H23N3O3/c1-23-11-13-24(14-12-23)15-19-20(22(27)28)17-9-5-6-10-18(17)21(26)25(19)16-7-3-2-4-8-16/h2-10H,11-15H2,1H3,(H,27,28). The molecule has 6 heteroatoms. The molecule has 0 aliphatic carbocycles. The summed E-state index contributed by atoms with van der Waals surface area (Å²) < 4.78 is 1.57. The van der Waals surface area contributed by atoms with Crippen molar-refractivity contribution in [3.05, 3.63) is 76.2 Å². The molecule has 6 nitrogen and oxygen atoms in total. The van der Waals surface area contributed by atoms with Crippen molar-refractivity contribution in [2.24, 2.45) is 0 Å². The fraction of sp³-hybridized carbons (Fsp3) is 0.273. The van der Waals surface area contributed by atoms with Gasteiger partial charge in [-0.15, -0.1) is 0 Å². The molecule has 144 valence electrons. The Morgan fingerprint density at radius 2 is 1.54 bits per heavy atom. The minimum Gasteiger partial charge on any atom is -0.478 e. The van der Waals surface area contributed by atoms with Crippen LogP contribution in [0.5, 0.6) is 0 Å². The fourth-order valence-corrected chi connectivity index (χ4v) is 3.85. The molecule has 0 radical (unpaired) electrons. The number of piperazine rings is 1. The van der Waals surface area contributed by atoms with Crippen molar-refractivity contribution in [3.63, 3.8) is 0 Å². The molecular formula is C22H23N3O3. The highest BCUT2D eigenvalue weighted by Gasteiger charge is 2.25. The molecule has 2 heterocycles. The lowest BCUT2D eigenvalue weighted by Gasteiger charge is -2.33. The number of carboxylic acids is 1. The molecule has 2 aromatic carbocycles. The summed E-state index contributed by atoms with van der Waals surface area (Å²) in [5, 5.41) is 11.0. The van der Waals surface area contributed by atoms with Gasteiger partial charge in [0.15, 0.2) is 0 Å². The van der Waals surface area contributed by atoms with E-state index < -0.39 is 5.97 Å². The third-order valence-electron chi connectivity index (χ3n) is 5.39. The Morgan fingerprint density at radius 1 is 0.929 bits per heavy atom. The molecule has 4 rings (SSSR count). The first kappa shape index (κ1) is 18.4. The maximum atomic E-state index is 13.4. The molecule has 0 unspecified atom stereocenters. The number of hydrogen-bond donors (Lipinski definition) is 1. The second-order valence-electron chi connectivity index (χ2n) is 7.23. The summed E-state index contributed by atoms with van der Waals surface area (Å²) in [5.41, 5.74) is 1.24. The highest BCUT2D eigenvalue weighted by molar-refractivity contribution is 6.04. The molecule has 0 amide bonds. The number of aromatic carboxylic acids is 1. The molecule has 0 bridgehead atoms. The molecule has 1 aliphatic rings. The number of carbonyl (C=O) groups is 1. The second-order valence-corrected chi connectivity index (χ2v) is 7.23. The largest absolute Gasteiger partial charge is 0.478 e. The topological polar surface area (TPSA) is 65.8 Å². The second kappa shape index (κ2) is 7.58. The number of hydrogen-bond acceptors (Lipinski definition) is 4. The van der Waals surface area contributed by atoms with Crippen molar-refractivity contribution in [2.45, 2.75) is 6.54 Å². The van der Waals surface area contributed by atoms with Crippen LogP contribution in [0.2, 0.25) is 0 Å². The van der Waals surface area contributed by atoms with E-state index in [0.29, 0.717) is 28.7 Å². The average Bonchev–Trinajstić information content (AvgIpc) is 2.70. The van der Waals surface area contributed by atoms with Crippen LogP contribution in [0.4, 0.5) is 0 Å². The Kier molecular flexibility index (Phi) is 4.98. The van der Waals surface area contributed by atoms with E-state index >= 15 is 0 Å². The van der Waals surface area contributed by atoms with Gasteiger partial charge in [-0.05, 0) is 25.2 Å². The van der Waals surface area contributed by atoms with Crippen LogP contribution in [-0.2, 0) is 6.54 Å². The monoisotopic (exact) mass is 377 g/mol. The molecule has 1 fully saturated rings. The lowest BCUT2D eigenvalue weighted by atomic mass is 10.0. The summed E-state index contributed by atoms with van der Waals surface area (Å²) in [5.74, 6) is -1.01. The smallest absolute Gasteiger partial charge is 0.338 e. The van der Waals surface area contributed by atoms with Gasteiger partial charge >= 0.3 is 5.97 Å². The van der Waals surface area contributed by atoms with E-state index in [-0.39, 0.29) is 11.1 Å². The van der Waals surface area contributed by atoms with E-state index in [2.05, 4.69) is 16.8 Å². The summed E-state index contributed by atoms with van der Waals surface area (Å²) in [6.45, 7) is 3.94. The molecule has 1 aromatic heterocycles. The van der Waals surface area contributed by atoms with E-state index in [1.807, 2.05) is 30.3 Å². The average molecular weight is 377 g/mol. The van der Waals surface area contributed by atoms with Crippen LogP contribution >= 0.6 is 0 Å². The van der Waals surface area contributed by atoms with Crippen LogP contribution in [-0.4, -0.2) is 58.7 Å². The van der Waals surface area contributed by atoms with Gasteiger partial charge in [-0.3, -0.25) is 14.3 Å². The van der Waals surface area contributed by atoms with Crippen molar-refractivity contribution in [2.75, 3.05) is 33.2 Å². The maximum Gasteiger partial charge on any atom is 0.338 e. The van der Waals surface area contributed by atoms with Gasteiger partial charge in [0, 0.05) is 49.2 Å². The summed E-state index contributed by atoms with van der Waals surface area (Å²) in [6.07, 6.45) is 0. The highest BCUT2D eigenvalue weighted by Crippen LogP contribution is 2.24. The Labute approximate surface area is 163 Å². The first-order chi connectivity index (χ1) is 13.6. The third-order valence-corrected chi connectivity index (χ3v) is 5.39. The van der Waals surface area contributed by atoms with E-state index in [1.54, 1.807) is 28.8 Å². The van der Waals surface area contributed by atoms with Crippen LogP contribution in [0.25, 0.3) is 16.5 Å². The van der Waals surface area contributed by atoms with Crippen molar-refractivity contribution in [1.29, 1.82) is 0 Å². The first-order valence-electron chi connectivity index (χ1n) is 9.42. The van der Waals surface area contributed by atoms with Crippen LogP contribution < -0.4 is 5.56 Å². The van der Waals surface area contributed by atoms with Crippen molar-refractivity contribution in [3.8, 4) is 5.69 Å². The summed E-state index contributed by atoms with van der Waals surface area (Å²) >= 11 is 0. The zero-order valence-corrected chi connectivity index (χ0v) is 15.8. The fourth-order valence-electron chi connectivity index (χ4n) is 3.85. The van der Waals surface area contributed by atoms with Gasteiger partial charge in [0.05, 0.1) is 11.3 Å². The Hall–Kier alpha value is -2.96. The zero-order chi connectivity index (χ0) is 19.7. The van der Waals surface area contributed by atoms with E-state index in [1.165, 1.54) is 0 Å². The number of rotatable bonds is 4. The normalized spacial score (nSPS) is 15.8. The van der Waals surface area contributed by atoms with Crippen LogP contribution in [0, 0.1) is 0 Å². The molecule has 3 aromatic rings. The number of pyridine rings is 1. The minimum absolute atomic E-state index is 0.184. The van der Waals surface area contributed by atoms with Crippen LogP contribution in [0.15, 0.2) is 59.4 Å². The summed E-state index contributed by atoms with van der Waals surface area (Å²) in [6, 6.07) is 16.3. The predicted octanol–water partition coefficient (Wildman–Crippen LogP) is 2.44. The van der Waals surface area contributed by atoms with Gasteiger partial charge in [0.1, 0.15) is 0 Å². The molecule has 1 N–H and O–H groups in total. The quantitative estimate of drug-likeness (QED) is 0.757. The first-order valence-corrected chi connectivity index (χ1v) is 9.42. The number of aromatic nitrogens is 1. The Morgan fingerprint density at radius 3 is 2.18 bits per heavy atom. The molecule has 0 saturated carbocycles.